The number of hydrogen-bond acceptors (Lipinski definition) is 3. The molecule has 1 aromatic heterocycles. The Hall–Kier alpha value is -1.62. The van der Waals surface area contributed by atoms with Crippen LogP contribution >= 0.6 is 0 Å². The van der Waals surface area contributed by atoms with Crippen LogP contribution in [0.15, 0.2) is 25.0 Å². The summed E-state index contributed by atoms with van der Waals surface area (Å²) < 4.78 is 7.39. The molecule has 0 fully saturated rings. The van der Waals surface area contributed by atoms with Crippen LogP contribution in [0.4, 0.5) is 0 Å². The van der Waals surface area contributed by atoms with Crippen molar-refractivity contribution in [1.29, 1.82) is 0 Å². The van der Waals surface area contributed by atoms with Gasteiger partial charge in [-0.05, 0) is 13.3 Å². The van der Waals surface area contributed by atoms with E-state index in [2.05, 4.69) is 21.4 Å². The fraction of sp³-hybridized carbons (Fsp3) is 0.538. The average molecular weight is 249 g/mol. The van der Waals surface area contributed by atoms with Crippen molar-refractivity contribution in [2.45, 2.75) is 38.5 Å². The van der Waals surface area contributed by atoms with E-state index >= 15 is 0 Å². The Kier molecular flexibility index (Phi) is 4.15. The van der Waals surface area contributed by atoms with Crippen molar-refractivity contribution in [3.63, 3.8) is 0 Å². The largest absolute Gasteiger partial charge is 0.365 e. The van der Waals surface area contributed by atoms with Gasteiger partial charge in [0.2, 0.25) is 5.91 Å². The lowest BCUT2D eigenvalue weighted by molar-refractivity contribution is -0.132. The van der Waals surface area contributed by atoms with E-state index in [0.717, 1.165) is 25.2 Å². The van der Waals surface area contributed by atoms with Gasteiger partial charge in [-0.1, -0.05) is 6.08 Å². The third kappa shape index (κ3) is 2.98. The number of nitrogens with one attached hydrogen (secondary N) is 1. The Morgan fingerprint density at radius 2 is 2.67 bits per heavy atom. The third-order valence-electron chi connectivity index (χ3n) is 3.11. The van der Waals surface area contributed by atoms with Gasteiger partial charge in [-0.15, -0.1) is 6.58 Å². The summed E-state index contributed by atoms with van der Waals surface area (Å²) in [4.78, 5) is 16.1. The molecule has 98 valence electrons. The van der Waals surface area contributed by atoms with Gasteiger partial charge in [0.15, 0.2) is 0 Å². The molecule has 1 N–H and O–H groups in total. The van der Waals surface area contributed by atoms with Crippen LogP contribution in [0, 0.1) is 0 Å². The molecule has 18 heavy (non-hydrogen) atoms. The first-order chi connectivity index (χ1) is 8.70. The molecule has 0 saturated carbocycles. The SMILES string of the molecule is C=CCO[C@H](C)C(=O)N[C@H]1CCc2nccn2C1. The summed E-state index contributed by atoms with van der Waals surface area (Å²) in [5, 5.41) is 3.01. The van der Waals surface area contributed by atoms with Crippen molar-refractivity contribution in [3.8, 4) is 0 Å². The van der Waals surface area contributed by atoms with Crippen molar-refractivity contribution in [3.05, 3.63) is 30.9 Å². The van der Waals surface area contributed by atoms with Crippen molar-refractivity contribution >= 4 is 5.91 Å². The number of aromatic nitrogens is 2. The Morgan fingerprint density at radius 1 is 1.83 bits per heavy atom. The lowest BCUT2D eigenvalue weighted by atomic mass is 10.1. The predicted molar refractivity (Wildman–Crippen MR) is 68.1 cm³/mol. The van der Waals surface area contributed by atoms with E-state index in [9.17, 15) is 4.79 Å². The minimum Gasteiger partial charge on any atom is -0.365 e. The average Bonchev–Trinajstić information content (AvgIpc) is 2.83. The third-order valence-corrected chi connectivity index (χ3v) is 3.11. The molecule has 1 amide bonds. The molecule has 1 aromatic rings. The van der Waals surface area contributed by atoms with Gasteiger partial charge >= 0.3 is 0 Å². The topological polar surface area (TPSA) is 56.1 Å². The zero-order valence-corrected chi connectivity index (χ0v) is 10.6. The van der Waals surface area contributed by atoms with Gasteiger partial charge < -0.3 is 14.6 Å². The van der Waals surface area contributed by atoms with Crippen molar-refractivity contribution < 1.29 is 9.53 Å². The van der Waals surface area contributed by atoms with Crippen molar-refractivity contribution in [2.24, 2.45) is 0 Å². The first-order valence-electron chi connectivity index (χ1n) is 6.23. The second-order valence-electron chi connectivity index (χ2n) is 4.50. The predicted octanol–water partition coefficient (Wildman–Crippen LogP) is 0.905. The van der Waals surface area contributed by atoms with Crippen molar-refractivity contribution in [1.82, 2.24) is 14.9 Å². The molecule has 0 aromatic carbocycles. The molecule has 2 rings (SSSR count). The van der Waals surface area contributed by atoms with Crippen LogP contribution in [-0.4, -0.2) is 34.2 Å². The van der Waals surface area contributed by atoms with E-state index in [-0.39, 0.29) is 11.9 Å². The van der Waals surface area contributed by atoms with E-state index in [1.165, 1.54) is 0 Å². The summed E-state index contributed by atoms with van der Waals surface area (Å²) in [5.41, 5.74) is 0. The first-order valence-corrected chi connectivity index (χ1v) is 6.23. The molecule has 0 bridgehead atoms. The lowest BCUT2D eigenvalue weighted by Crippen LogP contribution is -2.45. The molecule has 0 aliphatic carbocycles. The van der Waals surface area contributed by atoms with E-state index in [1.54, 1.807) is 19.2 Å². The number of carbonyl (C=O) groups is 1. The maximum Gasteiger partial charge on any atom is 0.249 e. The summed E-state index contributed by atoms with van der Waals surface area (Å²) >= 11 is 0. The number of ether oxygens (including phenoxy) is 1. The second-order valence-corrected chi connectivity index (χ2v) is 4.50. The molecule has 1 aliphatic heterocycles. The monoisotopic (exact) mass is 249 g/mol. The van der Waals surface area contributed by atoms with Crippen LogP contribution in [0.1, 0.15) is 19.2 Å². The number of nitrogens with zero attached hydrogens (tertiary/aromatic N) is 2. The lowest BCUT2D eigenvalue weighted by Gasteiger charge is -2.26. The number of hydrogen-bond donors (Lipinski definition) is 1. The molecule has 2 atom stereocenters. The highest BCUT2D eigenvalue weighted by molar-refractivity contribution is 5.80. The summed E-state index contributed by atoms with van der Waals surface area (Å²) in [7, 11) is 0. The first kappa shape index (κ1) is 12.8. The number of imidazole rings is 1. The quantitative estimate of drug-likeness (QED) is 0.789. The molecule has 0 radical (unpaired) electrons. The Morgan fingerprint density at radius 3 is 3.44 bits per heavy atom. The van der Waals surface area contributed by atoms with Gasteiger partial charge in [0.1, 0.15) is 11.9 Å². The summed E-state index contributed by atoms with van der Waals surface area (Å²) in [6, 6.07) is 0.161. The van der Waals surface area contributed by atoms with Gasteiger partial charge in [0.05, 0.1) is 6.61 Å². The van der Waals surface area contributed by atoms with E-state index in [1.807, 2.05) is 6.20 Å². The minimum atomic E-state index is -0.438. The summed E-state index contributed by atoms with van der Waals surface area (Å²) in [6.45, 7) is 6.49. The standard InChI is InChI=1S/C13H19N3O2/c1-3-8-18-10(2)13(17)15-11-4-5-12-14-6-7-16(12)9-11/h3,6-7,10-11H,1,4-5,8-9H2,2H3,(H,15,17)/t10-,11+/m1/s1. The number of aryl methyl sites for hydroxylation is 1. The molecule has 5 heteroatoms. The Balaban J connectivity index is 1.84. The highest BCUT2D eigenvalue weighted by Crippen LogP contribution is 2.13. The Labute approximate surface area is 107 Å². The van der Waals surface area contributed by atoms with Crippen LogP contribution in [0.25, 0.3) is 0 Å². The highest BCUT2D eigenvalue weighted by Gasteiger charge is 2.22. The van der Waals surface area contributed by atoms with Gasteiger partial charge in [0.25, 0.3) is 0 Å². The van der Waals surface area contributed by atoms with E-state index in [0.29, 0.717) is 6.61 Å². The molecule has 0 spiro atoms. The van der Waals surface area contributed by atoms with Crippen LogP contribution < -0.4 is 5.32 Å². The maximum absolute atomic E-state index is 11.9. The Bertz CT molecular complexity index is 428. The van der Waals surface area contributed by atoms with Crippen LogP contribution in [0.2, 0.25) is 0 Å². The zero-order chi connectivity index (χ0) is 13.0. The molecule has 1 aliphatic rings. The van der Waals surface area contributed by atoms with Gasteiger partial charge in [-0.2, -0.15) is 0 Å². The second kappa shape index (κ2) is 5.82. The van der Waals surface area contributed by atoms with Gasteiger partial charge in [-0.3, -0.25) is 4.79 Å². The smallest absolute Gasteiger partial charge is 0.249 e. The number of carbonyl (C=O) groups excluding carboxylic acids is 1. The highest BCUT2D eigenvalue weighted by atomic mass is 16.5. The minimum absolute atomic E-state index is 0.0644. The summed E-state index contributed by atoms with van der Waals surface area (Å²) in [6.07, 6.45) is 6.78. The normalized spacial score (nSPS) is 19.9. The van der Waals surface area contributed by atoms with Crippen molar-refractivity contribution in [2.75, 3.05) is 6.61 Å². The fourth-order valence-electron chi connectivity index (χ4n) is 2.09. The molecular weight excluding hydrogens is 230 g/mol. The fourth-order valence-corrected chi connectivity index (χ4v) is 2.09. The summed E-state index contributed by atoms with van der Waals surface area (Å²) in [5.74, 6) is 1.03. The molecule has 5 nitrogen and oxygen atoms in total. The zero-order valence-electron chi connectivity index (χ0n) is 10.6. The van der Waals surface area contributed by atoms with Crippen LogP contribution in [-0.2, 0) is 22.5 Å². The van der Waals surface area contributed by atoms with Gasteiger partial charge in [0, 0.05) is 31.4 Å². The van der Waals surface area contributed by atoms with Crippen LogP contribution in [0.3, 0.4) is 0 Å². The molecular formula is C13H19N3O2. The number of fused-ring (bicyclic) bond motifs is 1. The van der Waals surface area contributed by atoms with Gasteiger partial charge in [-0.25, -0.2) is 4.98 Å². The van der Waals surface area contributed by atoms with E-state index in [4.69, 9.17) is 4.74 Å². The number of rotatable bonds is 5. The molecule has 0 saturated heterocycles. The number of amides is 1. The van der Waals surface area contributed by atoms with E-state index < -0.39 is 6.10 Å². The molecule has 0 unspecified atom stereocenters. The molecule has 2 heterocycles. The maximum atomic E-state index is 11.9. The van der Waals surface area contributed by atoms with Crippen LogP contribution in [0.5, 0.6) is 0 Å².